The lowest BCUT2D eigenvalue weighted by Crippen LogP contribution is -2.52. The van der Waals surface area contributed by atoms with Crippen molar-refractivity contribution in [2.75, 3.05) is 18.0 Å². The first-order valence-electron chi connectivity index (χ1n) is 13.0. The summed E-state index contributed by atoms with van der Waals surface area (Å²) in [5.41, 5.74) is 1.64. The van der Waals surface area contributed by atoms with Gasteiger partial charge in [-0.3, -0.25) is 13.9 Å². The fourth-order valence-corrected chi connectivity index (χ4v) is 5.45. The molecule has 2 atom stereocenters. The number of halogens is 1. The number of para-hydroxylation sites is 2. The maximum absolute atomic E-state index is 14.0. The smallest absolute Gasteiger partial charge is 0.264 e. The van der Waals surface area contributed by atoms with Crippen molar-refractivity contribution in [3.8, 4) is 5.75 Å². The fraction of sp³-hybridized carbons (Fsp3) is 0.333. The van der Waals surface area contributed by atoms with E-state index in [1.807, 2.05) is 20.8 Å². The number of sulfonamides is 1. The van der Waals surface area contributed by atoms with E-state index in [1.54, 1.807) is 43.3 Å². The first-order valence-corrected chi connectivity index (χ1v) is 14.5. The van der Waals surface area contributed by atoms with E-state index in [2.05, 4.69) is 5.32 Å². The van der Waals surface area contributed by atoms with Crippen molar-refractivity contribution >= 4 is 27.5 Å². The Kier molecular flexibility index (Phi) is 10.3. The molecule has 0 heterocycles. The summed E-state index contributed by atoms with van der Waals surface area (Å²) >= 11 is 0. The van der Waals surface area contributed by atoms with E-state index in [9.17, 15) is 22.4 Å². The monoisotopic (exact) mass is 569 g/mol. The Hall–Kier alpha value is -3.92. The second-order valence-corrected chi connectivity index (χ2v) is 11.5. The molecule has 0 aliphatic rings. The molecule has 0 fully saturated rings. The molecule has 0 saturated carbocycles. The van der Waals surface area contributed by atoms with Crippen LogP contribution < -0.4 is 14.4 Å². The fourth-order valence-electron chi connectivity index (χ4n) is 4.02. The van der Waals surface area contributed by atoms with Crippen LogP contribution >= 0.6 is 0 Å². The molecule has 40 heavy (non-hydrogen) atoms. The molecular formula is C30H36FN3O5S. The summed E-state index contributed by atoms with van der Waals surface area (Å²) in [4.78, 5) is 28.4. The van der Waals surface area contributed by atoms with Crippen LogP contribution in [0, 0.1) is 12.7 Å². The number of amides is 2. The van der Waals surface area contributed by atoms with Gasteiger partial charge in [-0.25, -0.2) is 12.8 Å². The number of nitrogens with one attached hydrogen (secondary N) is 1. The van der Waals surface area contributed by atoms with Crippen LogP contribution in [-0.4, -0.2) is 50.9 Å². The predicted octanol–water partition coefficient (Wildman–Crippen LogP) is 4.67. The van der Waals surface area contributed by atoms with E-state index in [-0.39, 0.29) is 34.8 Å². The number of carbonyl (C=O) groups excluding carboxylic acids is 2. The third-order valence-electron chi connectivity index (χ3n) is 6.68. The van der Waals surface area contributed by atoms with Gasteiger partial charge < -0.3 is 15.0 Å². The molecule has 0 bridgehead atoms. The van der Waals surface area contributed by atoms with Gasteiger partial charge in [-0.2, -0.15) is 0 Å². The Morgan fingerprint density at radius 3 is 2.20 bits per heavy atom. The summed E-state index contributed by atoms with van der Waals surface area (Å²) in [7, 11) is -2.81. The van der Waals surface area contributed by atoms with Crippen LogP contribution in [0.1, 0.15) is 38.3 Å². The summed E-state index contributed by atoms with van der Waals surface area (Å²) in [6, 6.07) is 17.4. The molecule has 0 saturated heterocycles. The predicted molar refractivity (Wildman–Crippen MR) is 153 cm³/mol. The SMILES string of the molecule is CC[C@H](C)NC(=O)[C@@H](C)N(Cc1ccc(F)cc1)C(=O)CN(c1ccccc1OC)S(=O)(=O)c1ccc(C)cc1. The van der Waals surface area contributed by atoms with Crippen LogP contribution in [0.5, 0.6) is 5.75 Å². The summed E-state index contributed by atoms with van der Waals surface area (Å²) in [6.07, 6.45) is 0.695. The van der Waals surface area contributed by atoms with Gasteiger partial charge in [0.25, 0.3) is 10.0 Å². The molecule has 3 aromatic carbocycles. The Balaban J connectivity index is 2.06. The van der Waals surface area contributed by atoms with E-state index in [0.717, 1.165) is 9.87 Å². The van der Waals surface area contributed by atoms with Crippen molar-refractivity contribution < 1.29 is 27.1 Å². The molecule has 3 rings (SSSR count). The van der Waals surface area contributed by atoms with E-state index in [4.69, 9.17) is 4.74 Å². The molecule has 0 aliphatic carbocycles. The number of nitrogens with zero attached hydrogens (tertiary/aromatic N) is 2. The molecule has 214 valence electrons. The zero-order valence-corrected chi connectivity index (χ0v) is 24.2. The highest BCUT2D eigenvalue weighted by Gasteiger charge is 2.34. The quantitative estimate of drug-likeness (QED) is 0.342. The number of hydrogen-bond donors (Lipinski definition) is 1. The molecule has 1 N–H and O–H groups in total. The first-order chi connectivity index (χ1) is 19.0. The van der Waals surface area contributed by atoms with Crippen molar-refractivity contribution in [3.63, 3.8) is 0 Å². The maximum atomic E-state index is 14.0. The molecule has 0 spiro atoms. The average molecular weight is 570 g/mol. The molecule has 10 heteroatoms. The Morgan fingerprint density at radius 2 is 1.60 bits per heavy atom. The van der Waals surface area contributed by atoms with E-state index in [1.165, 1.54) is 48.4 Å². The normalized spacial score (nSPS) is 12.8. The van der Waals surface area contributed by atoms with Crippen molar-refractivity contribution in [3.05, 3.63) is 89.7 Å². The van der Waals surface area contributed by atoms with Gasteiger partial charge in [0.05, 0.1) is 17.7 Å². The highest BCUT2D eigenvalue weighted by molar-refractivity contribution is 7.92. The summed E-state index contributed by atoms with van der Waals surface area (Å²) in [5, 5.41) is 2.88. The van der Waals surface area contributed by atoms with Gasteiger partial charge in [0, 0.05) is 12.6 Å². The standard InChI is InChI=1S/C30H36FN3O5S/c1-6-22(3)32-30(36)23(4)33(19-24-13-15-25(31)16-14-24)29(35)20-34(27-9-7-8-10-28(27)39-5)40(37,38)26-17-11-21(2)12-18-26/h7-18,22-23H,6,19-20H2,1-5H3,(H,32,36)/t22-,23+/m0/s1. The van der Waals surface area contributed by atoms with Crippen LogP contribution in [0.15, 0.2) is 77.7 Å². The molecule has 0 radical (unpaired) electrons. The molecule has 8 nitrogen and oxygen atoms in total. The van der Waals surface area contributed by atoms with Crippen molar-refractivity contribution in [1.82, 2.24) is 10.2 Å². The molecule has 0 aromatic heterocycles. The third-order valence-corrected chi connectivity index (χ3v) is 8.45. The summed E-state index contributed by atoms with van der Waals surface area (Å²) < 4.78 is 47.9. The van der Waals surface area contributed by atoms with Gasteiger partial charge in [-0.1, -0.05) is 48.9 Å². The lowest BCUT2D eigenvalue weighted by molar-refractivity contribution is -0.139. The van der Waals surface area contributed by atoms with Gasteiger partial charge in [-0.15, -0.1) is 0 Å². The maximum Gasteiger partial charge on any atom is 0.264 e. The molecular weight excluding hydrogens is 533 g/mol. The molecule has 3 aromatic rings. The van der Waals surface area contributed by atoms with Crippen molar-refractivity contribution in [2.45, 2.75) is 57.6 Å². The second-order valence-electron chi connectivity index (χ2n) is 9.64. The number of rotatable bonds is 12. The van der Waals surface area contributed by atoms with Crippen molar-refractivity contribution in [2.24, 2.45) is 0 Å². The topological polar surface area (TPSA) is 96.0 Å². The number of carbonyl (C=O) groups is 2. The minimum Gasteiger partial charge on any atom is -0.495 e. The van der Waals surface area contributed by atoms with E-state index in [0.29, 0.717) is 12.0 Å². The lowest BCUT2D eigenvalue weighted by Gasteiger charge is -2.32. The number of hydrogen-bond acceptors (Lipinski definition) is 5. The number of ether oxygens (including phenoxy) is 1. The largest absolute Gasteiger partial charge is 0.495 e. The summed E-state index contributed by atoms with van der Waals surface area (Å²) in [6.45, 7) is 6.59. The number of anilines is 1. The Morgan fingerprint density at radius 1 is 0.975 bits per heavy atom. The second kappa shape index (κ2) is 13.4. The van der Waals surface area contributed by atoms with Crippen LogP contribution in [-0.2, 0) is 26.2 Å². The van der Waals surface area contributed by atoms with Gasteiger partial charge in [0.1, 0.15) is 24.2 Å². The van der Waals surface area contributed by atoms with Crippen LogP contribution in [0.25, 0.3) is 0 Å². The lowest BCUT2D eigenvalue weighted by atomic mass is 10.1. The van der Waals surface area contributed by atoms with Crippen LogP contribution in [0.2, 0.25) is 0 Å². The van der Waals surface area contributed by atoms with Gasteiger partial charge >= 0.3 is 0 Å². The van der Waals surface area contributed by atoms with Crippen LogP contribution in [0.4, 0.5) is 10.1 Å². The summed E-state index contributed by atoms with van der Waals surface area (Å²) in [5.74, 6) is -1.16. The van der Waals surface area contributed by atoms with Gasteiger partial charge in [-0.05, 0) is 69.2 Å². The highest BCUT2D eigenvalue weighted by atomic mass is 32.2. The van der Waals surface area contributed by atoms with Crippen LogP contribution in [0.3, 0.4) is 0 Å². The molecule has 0 aliphatic heterocycles. The molecule has 0 unspecified atom stereocenters. The highest BCUT2D eigenvalue weighted by Crippen LogP contribution is 2.32. The zero-order chi connectivity index (χ0) is 29.4. The molecule has 2 amide bonds. The van der Waals surface area contributed by atoms with E-state index >= 15 is 0 Å². The van der Waals surface area contributed by atoms with E-state index < -0.39 is 34.3 Å². The first kappa shape index (κ1) is 30.6. The third kappa shape index (κ3) is 7.38. The Labute approximate surface area is 235 Å². The van der Waals surface area contributed by atoms with Gasteiger partial charge in [0.15, 0.2) is 0 Å². The number of benzene rings is 3. The minimum absolute atomic E-state index is 0.00412. The number of aryl methyl sites for hydroxylation is 1. The average Bonchev–Trinajstić information content (AvgIpc) is 2.95. The minimum atomic E-state index is -4.22. The zero-order valence-electron chi connectivity index (χ0n) is 23.4. The Bertz CT molecular complexity index is 1410. The van der Waals surface area contributed by atoms with Crippen molar-refractivity contribution in [1.29, 1.82) is 0 Å². The number of methoxy groups -OCH3 is 1. The van der Waals surface area contributed by atoms with Gasteiger partial charge in [0.2, 0.25) is 11.8 Å².